The summed E-state index contributed by atoms with van der Waals surface area (Å²) in [6.07, 6.45) is -4.47. The van der Waals surface area contributed by atoms with Gasteiger partial charge in [-0.05, 0) is 35.9 Å². The van der Waals surface area contributed by atoms with Crippen molar-refractivity contribution in [1.82, 2.24) is 16.2 Å². The van der Waals surface area contributed by atoms with Gasteiger partial charge in [0, 0.05) is 25.6 Å². The summed E-state index contributed by atoms with van der Waals surface area (Å²) in [7, 11) is 2.70. The number of amides is 2. The number of benzene rings is 2. The van der Waals surface area contributed by atoms with Crippen LogP contribution in [-0.4, -0.2) is 42.7 Å². The number of nitro groups is 1. The minimum absolute atomic E-state index is 0.0808. The number of carbonyl (C=O) groups is 2. The van der Waals surface area contributed by atoms with E-state index in [1.807, 2.05) is 6.92 Å². The summed E-state index contributed by atoms with van der Waals surface area (Å²) in [6.45, 7) is 2.64. The Kier molecular flexibility index (Phi) is 11.2. The van der Waals surface area contributed by atoms with Gasteiger partial charge in [0.1, 0.15) is 17.1 Å². The zero-order valence-corrected chi connectivity index (χ0v) is 22.8. The zero-order valence-electron chi connectivity index (χ0n) is 21.2. The maximum Gasteiger partial charge on any atom is 0.420 e. The number of aryl methyl sites for hydroxylation is 1. The summed E-state index contributed by atoms with van der Waals surface area (Å²) >= 11 is 6.80. The number of nitro benzene ring substituents is 1. The Morgan fingerprint density at radius 2 is 1.82 bits per heavy atom. The first-order chi connectivity index (χ1) is 18.3. The Labute approximate surface area is 230 Å². The molecule has 2 amide bonds. The molecule has 0 aromatic heterocycles. The van der Waals surface area contributed by atoms with Gasteiger partial charge in [0.25, 0.3) is 11.6 Å². The van der Waals surface area contributed by atoms with Crippen LogP contribution in [0.3, 0.4) is 0 Å². The molecule has 0 aliphatic heterocycles. The molecule has 0 bridgehead atoms. The summed E-state index contributed by atoms with van der Waals surface area (Å²) < 4.78 is 51.4. The molecular formula is C23H25ClF3N5O6S. The number of likely N-dealkylation sites (N-methyl/N-ethyl adjacent to an activating group) is 1. The standard InChI is InChI=1S/C23H25ClF3N5O6S/c1-5-12-7-18(37-4)14(24)9-15(12)29-22(31-30-20(33)6-2)39-19-10-17(38-11-21(34)28-3)13(23(25,26)27)8-16(19)32(35)36/h7-10H,5-6,11H2,1-4H3,(H,28,34)(H,29,31)(H,30,33). The molecule has 2 aromatic carbocycles. The van der Waals surface area contributed by atoms with Gasteiger partial charge < -0.3 is 14.8 Å². The quantitative estimate of drug-likeness (QED) is 0.124. The van der Waals surface area contributed by atoms with Crippen LogP contribution in [0.15, 0.2) is 34.2 Å². The molecule has 0 spiro atoms. The topological polar surface area (TPSA) is 144 Å². The average Bonchev–Trinajstić information content (AvgIpc) is 2.89. The molecular weight excluding hydrogens is 567 g/mol. The third-order valence-electron chi connectivity index (χ3n) is 4.99. The molecule has 11 nitrogen and oxygen atoms in total. The van der Waals surface area contributed by atoms with E-state index in [2.05, 4.69) is 21.2 Å². The Morgan fingerprint density at radius 1 is 1.13 bits per heavy atom. The van der Waals surface area contributed by atoms with E-state index in [1.54, 1.807) is 13.0 Å². The van der Waals surface area contributed by atoms with Crippen molar-refractivity contribution in [2.24, 2.45) is 4.99 Å². The molecule has 2 aromatic rings. The van der Waals surface area contributed by atoms with Crippen LogP contribution in [0.5, 0.6) is 11.5 Å². The summed E-state index contributed by atoms with van der Waals surface area (Å²) in [6, 6.07) is 4.21. The average molecular weight is 592 g/mol. The van der Waals surface area contributed by atoms with Crippen LogP contribution in [-0.2, 0) is 22.2 Å². The largest absolute Gasteiger partial charge is 0.495 e. The number of rotatable bonds is 9. The van der Waals surface area contributed by atoms with Crippen LogP contribution in [0.2, 0.25) is 5.02 Å². The smallest absolute Gasteiger partial charge is 0.420 e. The molecule has 0 heterocycles. The minimum atomic E-state index is -5.02. The number of amidine groups is 1. The SMILES string of the molecule is CCC(=O)NNC(=Nc1cc(Cl)c(OC)cc1CC)Sc1cc(OCC(=O)NC)c(C(F)(F)F)cc1[N+](=O)[O-]. The molecule has 0 radical (unpaired) electrons. The van der Waals surface area contributed by atoms with Crippen molar-refractivity contribution < 1.29 is 37.2 Å². The van der Waals surface area contributed by atoms with Gasteiger partial charge in [-0.2, -0.15) is 13.2 Å². The molecule has 0 aliphatic rings. The molecule has 0 saturated heterocycles. The highest BCUT2D eigenvalue weighted by molar-refractivity contribution is 8.14. The normalized spacial score (nSPS) is 11.5. The Balaban J connectivity index is 2.68. The van der Waals surface area contributed by atoms with Crippen molar-refractivity contribution in [3.05, 3.63) is 50.5 Å². The number of hydrogen-bond donors (Lipinski definition) is 3. The van der Waals surface area contributed by atoms with Crippen molar-refractivity contribution in [3.63, 3.8) is 0 Å². The third-order valence-corrected chi connectivity index (χ3v) is 6.22. The first-order valence-corrected chi connectivity index (χ1v) is 12.4. The number of nitrogens with one attached hydrogen (secondary N) is 3. The maximum atomic E-state index is 13.7. The first kappa shape index (κ1) is 31.5. The van der Waals surface area contributed by atoms with E-state index in [-0.39, 0.29) is 21.5 Å². The van der Waals surface area contributed by atoms with Gasteiger partial charge in [0.15, 0.2) is 11.8 Å². The van der Waals surface area contributed by atoms with E-state index >= 15 is 0 Å². The number of carbonyl (C=O) groups excluding carboxylic acids is 2. The van der Waals surface area contributed by atoms with Crippen LogP contribution in [0.4, 0.5) is 24.5 Å². The van der Waals surface area contributed by atoms with E-state index in [1.165, 1.54) is 20.2 Å². The third kappa shape index (κ3) is 8.64. The number of nitrogens with zero attached hydrogens (tertiary/aromatic N) is 2. The second kappa shape index (κ2) is 13.9. The first-order valence-electron chi connectivity index (χ1n) is 11.2. The predicted molar refractivity (Wildman–Crippen MR) is 140 cm³/mol. The van der Waals surface area contributed by atoms with Crippen LogP contribution in [0, 0.1) is 10.1 Å². The molecule has 16 heteroatoms. The van der Waals surface area contributed by atoms with Crippen LogP contribution in [0.1, 0.15) is 31.4 Å². The van der Waals surface area contributed by atoms with E-state index in [0.717, 1.165) is 6.07 Å². The number of hydrogen-bond acceptors (Lipinski definition) is 8. The molecule has 0 atom stereocenters. The number of ether oxygens (including phenoxy) is 2. The summed E-state index contributed by atoms with van der Waals surface area (Å²) in [5.41, 5.74) is 3.54. The van der Waals surface area contributed by atoms with Gasteiger partial charge in [0.2, 0.25) is 5.91 Å². The fourth-order valence-electron chi connectivity index (χ4n) is 2.96. The number of aliphatic imine (C=N–C) groups is 1. The van der Waals surface area contributed by atoms with E-state index < -0.39 is 46.5 Å². The van der Waals surface area contributed by atoms with Crippen LogP contribution < -0.4 is 25.6 Å². The molecule has 0 unspecified atom stereocenters. The fourth-order valence-corrected chi connectivity index (χ4v) is 4.05. The lowest BCUT2D eigenvalue weighted by molar-refractivity contribution is -0.388. The number of thioether (sulfide) groups is 1. The summed E-state index contributed by atoms with van der Waals surface area (Å²) in [4.78, 5) is 38.3. The van der Waals surface area contributed by atoms with Gasteiger partial charge in [0.05, 0.1) is 27.6 Å². The molecule has 3 N–H and O–H groups in total. The van der Waals surface area contributed by atoms with E-state index in [4.69, 9.17) is 21.1 Å². The van der Waals surface area contributed by atoms with Gasteiger partial charge in [-0.25, -0.2) is 4.99 Å². The highest BCUT2D eigenvalue weighted by Crippen LogP contribution is 2.43. The highest BCUT2D eigenvalue weighted by atomic mass is 35.5. The van der Waals surface area contributed by atoms with Crippen molar-refractivity contribution in [2.45, 2.75) is 37.8 Å². The van der Waals surface area contributed by atoms with Gasteiger partial charge >= 0.3 is 6.18 Å². The van der Waals surface area contributed by atoms with E-state index in [9.17, 15) is 32.9 Å². The maximum absolute atomic E-state index is 13.7. The lowest BCUT2D eigenvalue weighted by atomic mass is 10.1. The predicted octanol–water partition coefficient (Wildman–Crippen LogP) is 4.77. The lowest BCUT2D eigenvalue weighted by Gasteiger charge is -2.16. The highest BCUT2D eigenvalue weighted by Gasteiger charge is 2.38. The zero-order chi connectivity index (χ0) is 29.3. The van der Waals surface area contributed by atoms with Gasteiger partial charge in [-0.3, -0.25) is 30.6 Å². The second-order valence-electron chi connectivity index (χ2n) is 7.55. The lowest BCUT2D eigenvalue weighted by Crippen LogP contribution is -2.40. The van der Waals surface area contributed by atoms with Crippen LogP contribution >= 0.6 is 23.4 Å². The molecule has 2 rings (SSSR count). The van der Waals surface area contributed by atoms with Crippen molar-refractivity contribution in [3.8, 4) is 11.5 Å². The summed E-state index contributed by atoms with van der Waals surface area (Å²) in [5, 5.41) is 14.0. The molecule has 39 heavy (non-hydrogen) atoms. The van der Waals surface area contributed by atoms with Gasteiger partial charge in [-0.1, -0.05) is 25.4 Å². The number of alkyl halides is 3. The van der Waals surface area contributed by atoms with Gasteiger partial charge in [-0.15, -0.1) is 0 Å². The number of halogens is 4. The van der Waals surface area contributed by atoms with Crippen LogP contribution in [0.25, 0.3) is 0 Å². The van der Waals surface area contributed by atoms with Crippen molar-refractivity contribution >= 4 is 51.7 Å². The molecule has 0 saturated carbocycles. The Bertz CT molecular complexity index is 1280. The fraction of sp³-hybridized carbons (Fsp3) is 0.348. The van der Waals surface area contributed by atoms with Crippen molar-refractivity contribution in [2.75, 3.05) is 20.8 Å². The summed E-state index contributed by atoms with van der Waals surface area (Å²) in [5.74, 6) is -1.60. The number of hydrazine groups is 1. The minimum Gasteiger partial charge on any atom is -0.495 e. The second-order valence-corrected chi connectivity index (χ2v) is 8.99. The van der Waals surface area contributed by atoms with E-state index in [0.29, 0.717) is 41.2 Å². The Hall–Kier alpha value is -3.72. The van der Waals surface area contributed by atoms with Crippen molar-refractivity contribution in [1.29, 1.82) is 0 Å². The monoisotopic (exact) mass is 591 g/mol. The molecule has 0 aliphatic carbocycles. The Morgan fingerprint density at radius 3 is 2.36 bits per heavy atom. The molecule has 212 valence electrons. The number of methoxy groups -OCH3 is 1. The molecule has 0 fully saturated rings.